The van der Waals surface area contributed by atoms with Crippen molar-refractivity contribution in [2.75, 3.05) is 6.54 Å². The molecule has 1 saturated heterocycles. The zero-order chi connectivity index (χ0) is 18.1. The second kappa shape index (κ2) is 6.48. The fourth-order valence-electron chi connectivity index (χ4n) is 2.80. The van der Waals surface area contributed by atoms with Crippen LogP contribution in [0.15, 0.2) is 36.0 Å². The van der Waals surface area contributed by atoms with Crippen LogP contribution in [0.25, 0.3) is 17.0 Å². The van der Waals surface area contributed by atoms with E-state index in [-0.39, 0.29) is 17.2 Å². The Labute approximate surface area is 148 Å². The highest BCUT2D eigenvalue weighted by atomic mass is 32.1. The molecule has 8 heteroatoms. The number of amides is 2. The number of carbonyl (C=O) groups excluding carboxylic acids is 2. The first-order valence-corrected chi connectivity index (χ1v) is 8.01. The van der Waals surface area contributed by atoms with E-state index in [0.717, 1.165) is 5.39 Å². The summed E-state index contributed by atoms with van der Waals surface area (Å²) in [7, 11) is 0. The zero-order valence-electron chi connectivity index (χ0n) is 13.4. The number of rotatable bonds is 4. The van der Waals surface area contributed by atoms with Crippen LogP contribution in [0.4, 0.5) is 0 Å². The van der Waals surface area contributed by atoms with Gasteiger partial charge in [-0.2, -0.15) is 0 Å². The third kappa shape index (κ3) is 3.03. The Morgan fingerprint density at radius 2 is 2.04 bits per heavy atom. The lowest BCUT2D eigenvalue weighted by molar-refractivity contribution is -0.137. The number of nitrogens with zero attached hydrogens (tertiary/aromatic N) is 2. The number of carboxylic acids is 1. The van der Waals surface area contributed by atoms with Crippen LogP contribution in [-0.4, -0.2) is 44.0 Å². The molecular weight excluding hydrogens is 342 g/mol. The van der Waals surface area contributed by atoms with Crippen molar-refractivity contribution in [1.82, 2.24) is 14.8 Å². The van der Waals surface area contributed by atoms with Gasteiger partial charge in [-0.25, -0.2) is 0 Å². The molecule has 1 aliphatic rings. The van der Waals surface area contributed by atoms with Gasteiger partial charge in [0, 0.05) is 29.2 Å². The number of fused-ring (bicyclic) bond motifs is 1. The Hall–Kier alpha value is -3.00. The van der Waals surface area contributed by atoms with Crippen molar-refractivity contribution in [2.45, 2.75) is 13.5 Å². The first-order chi connectivity index (χ1) is 11.9. The smallest absolute Gasteiger partial charge is 0.323 e. The number of benzene rings is 1. The molecule has 1 aromatic carbocycles. The van der Waals surface area contributed by atoms with Crippen LogP contribution in [-0.2, 0) is 20.9 Å². The third-order valence-electron chi connectivity index (χ3n) is 3.93. The highest BCUT2D eigenvalue weighted by molar-refractivity contribution is 7.80. The zero-order valence-corrected chi connectivity index (χ0v) is 14.2. The molecule has 2 heterocycles. The van der Waals surface area contributed by atoms with Crippen molar-refractivity contribution >= 4 is 52.1 Å². The monoisotopic (exact) mass is 357 g/mol. The number of aromatic nitrogens is 1. The van der Waals surface area contributed by atoms with E-state index in [0.29, 0.717) is 17.6 Å². The lowest BCUT2D eigenvalue weighted by Gasteiger charge is -2.27. The quantitative estimate of drug-likeness (QED) is 0.490. The van der Waals surface area contributed by atoms with Crippen molar-refractivity contribution in [3.63, 3.8) is 0 Å². The molecule has 7 nitrogen and oxygen atoms in total. The fourth-order valence-corrected chi connectivity index (χ4v) is 3.11. The number of hydrogen-bond donors (Lipinski definition) is 2. The van der Waals surface area contributed by atoms with Crippen LogP contribution < -0.4 is 5.32 Å². The summed E-state index contributed by atoms with van der Waals surface area (Å²) < 4.78 is 1.57. The predicted octanol–water partition coefficient (Wildman–Crippen LogP) is 1.37. The molecule has 0 radical (unpaired) electrons. The molecule has 2 N–H and O–H groups in total. The van der Waals surface area contributed by atoms with Crippen LogP contribution >= 0.6 is 12.2 Å². The van der Waals surface area contributed by atoms with Crippen molar-refractivity contribution in [1.29, 1.82) is 0 Å². The molecule has 1 fully saturated rings. The number of hydrogen-bond acceptors (Lipinski definition) is 4. The molecule has 0 bridgehead atoms. The van der Waals surface area contributed by atoms with Crippen LogP contribution in [0.5, 0.6) is 0 Å². The Morgan fingerprint density at radius 3 is 2.72 bits per heavy atom. The molecule has 0 unspecified atom stereocenters. The number of nitrogens with one attached hydrogen (secondary N) is 1. The summed E-state index contributed by atoms with van der Waals surface area (Å²) in [6.07, 6.45) is 3.10. The van der Waals surface area contributed by atoms with Gasteiger partial charge in [-0.1, -0.05) is 18.2 Å². The number of carbonyl (C=O) groups is 3. The molecule has 1 aliphatic heterocycles. The van der Waals surface area contributed by atoms with Crippen LogP contribution in [0.3, 0.4) is 0 Å². The third-order valence-corrected chi connectivity index (χ3v) is 4.25. The maximum atomic E-state index is 12.5. The lowest BCUT2D eigenvalue weighted by atomic mass is 10.1. The molecule has 1 aromatic heterocycles. The largest absolute Gasteiger partial charge is 0.480 e. The van der Waals surface area contributed by atoms with E-state index < -0.39 is 17.8 Å². The average molecular weight is 357 g/mol. The standard InChI is InChI=1S/C17H15N3O4S/c1-2-20-16(24)12(15(23)18-17(20)25)7-10-8-19(9-14(21)22)13-6-4-3-5-11(10)13/h3-8H,2,9H2,1H3,(H,21,22)(H,18,23,25)/b12-7+. The van der Waals surface area contributed by atoms with E-state index in [4.69, 9.17) is 17.3 Å². The van der Waals surface area contributed by atoms with E-state index >= 15 is 0 Å². The molecular formula is C17H15N3O4S. The summed E-state index contributed by atoms with van der Waals surface area (Å²) in [5.41, 5.74) is 1.27. The minimum Gasteiger partial charge on any atom is -0.480 e. The first-order valence-electron chi connectivity index (χ1n) is 7.61. The van der Waals surface area contributed by atoms with Crippen LogP contribution in [0, 0.1) is 0 Å². The van der Waals surface area contributed by atoms with Crippen LogP contribution in [0.2, 0.25) is 0 Å². The molecule has 2 amide bonds. The second-order valence-corrected chi connectivity index (χ2v) is 5.88. The van der Waals surface area contributed by atoms with Gasteiger partial charge in [-0.3, -0.25) is 24.6 Å². The number of likely N-dealkylation sites (N-methyl/N-ethyl adjacent to an activating group) is 1. The maximum Gasteiger partial charge on any atom is 0.323 e. The molecule has 0 spiro atoms. The molecule has 0 saturated carbocycles. The topological polar surface area (TPSA) is 91.6 Å². The fraction of sp³-hybridized carbons (Fsp3) is 0.176. The number of carboxylic acid groups (broad SMARTS) is 1. The van der Waals surface area contributed by atoms with E-state index in [1.807, 2.05) is 12.1 Å². The van der Waals surface area contributed by atoms with Gasteiger partial charge < -0.3 is 9.67 Å². The second-order valence-electron chi connectivity index (χ2n) is 5.49. The Balaban J connectivity index is 2.11. The predicted molar refractivity (Wildman–Crippen MR) is 95.7 cm³/mol. The van der Waals surface area contributed by atoms with Gasteiger partial charge in [0.2, 0.25) is 0 Å². The SMILES string of the molecule is CCN1C(=O)/C(=C/c2cn(CC(=O)O)c3ccccc23)C(=O)NC1=S. The molecule has 128 valence electrons. The molecule has 0 atom stereocenters. The first kappa shape index (κ1) is 16.8. The summed E-state index contributed by atoms with van der Waals surface area (Å²) in [6.45, 7) is 1.89. The van der Waals surface area contributed by atoms with Gasteiger partial charge in [-0.15, -0.1) is 0 Å². The van der Waals surface area contributed by atoms with Crippen molar-refractivity contribution < 1.29 is 19.5 Å². The minimum atomic E-state index is -0.978. The van der Waals surface area contributed by atoms with Crippen LogP contribution in [0.1, 0.15) is 12.5 Å². The molecule has 25 heavy (non-hydrogen) atoms. The van der Waals surface area contributed by atoms with E-state index in [1.54, 1.807) is 29.8 Å². The van der Waals surface area contributed by atoms with Gasteiger partial charge in [-0.05, 0) is 31.3 Å². The Kier molecular flexibility index (Phi) is 4.37. The van der Waals surface area contributed by atoms with E-state index in [9.17, 15) is 14.4 Å². The summed E-state index contributed by atoms with van der Waals surface area (Å²) in [6, 6.07) is 7.21. The molecule has 3 rings (SSSR count). The number of thiocarbonyl (C=S) groups is 1. The Bertz CT molecular complexity index is 945. The van der Waals surface area contributed by atoms with Crippen molar-refractivity contribution in [2.24, 2.45) is 0 Å². The van der Waals surface area contributed by atoms with Gasteiger partial charge in [0.15, 0.2) is 5.11 Å². The normalized spacial score (nSPS) is 16.6. The van der Waals surface area contributed by atoms with Gasteiger partial charge in [0.1, 0.15) is 12.1 Å². The van der Waals surface area contributed by atoms with E-state index in [1.165, 1.54) is 11.0 Å². The summed E-state index contributed by atoms with van der Waals surface area (Å²) in [4.78, 5) is 37.1. The number of para-hydroxylation sites is 1. The highest BCUT2D eigenvalue weighted by Crippen LogP contribution is 2.25. The van der Waals surface area contributed by atoms with Gasteiger partial charge in [0.05, 0.1) is 0 Å². The van der Waals surface area contributed by atoms with Crippen molar-refractivity contribution in [3.8, 4) is 0 Å². The average Bonchev–Trinajstić information content (AvgIpc) is 2.89. The molecule has 2 aromatic rings. The van der Waals surface area contributed by atoms with Gasteiger partial charge in [0.25, 0.3) is 11.8 Å². The summed E-state index contributed by atoms with van der Waals surface area (Å²) in [5, 5.41) is 12.4. The Morgan fingerprint density at radius 1 is 1.32 bits per heavy atom. The molecule has 0 aliphatic carbocycles. The van der Waals surface area contributed by atoms with E-state index in [2.05, 4.69) is 5.32 Å². The lowest BCUT2D eigenvalue weighted by Crippen LogP contribution is -2.53. The van der Waals surface area contributed by atoms with Gasteiger partial charge >= 0.3 is 5.97 Å². The summed E-state index contributed by atoms with van der Waals surface area (Å²) in [5.74, 6) is -2.00. The summed E-state index contributed by atoms with van der Waals surface area (Å²) >= 11 is 5.00. The highest BCUT2D eigenvalue weighted by Gasteiger charge is 2.32. The van der Waals surface area contributed by atoms with Crippen molar-refractivity contribution in [3.05, 3.63) is 41.6 Å². The maximum absolute atomic E-state index is 12.5. The number of aliphatic carboxylic acids is 1. The minimum absolute atomic E-state index is 0.0336.